The van der Waals surface area contributed by atoms with Crippen molar-refractivity contribution in [1.29, 1.82) is 0 Å². The molecule has 1 fully saturated rings. The van der Waals surface area contributed by atoms with Crippen LogP contribution in [0.4, 0.5) is 13.2 Å². The second-order valence-corrected chi connectivity index (χ2v) is 2.90. The highest BCUT2D eigenvalue weighted by Gasteiger charge is 2.65. The van der Waals surface area contributed by atoms with Crippen LogP contribution >= 0.6 is 0 Å². The fourth-order valence-electron chi connectivity index (χ4n) is 0.912. The van der Waals surface area contributed by atoms with Crippen molar-refractivity contribution < 1.29 is 27.4 Å². The number of rotatable bonds is 4. The second-order valence-electron chi connectivity index (χ2n) is 2.90. The Morgan fingerprint density at radius 1 is 1.64 bits per heavy atom. The first-order valence-electron chi connectivity index (χ1n) is 3.91. The summed E-state index contributed by atoms with van der Waals surface area (Å²) in [6.07, 6.45) is -3.86. The molecule has 0 aromatic rings. The van der Waals surface area contributed by atoms with Crippen LogP contribution in [0.1, 0.15) is 6.42 Å². The first-order valence-corrected chi connectivity index (χ1v) is 3.91. The van der Waals surface area contributed by atoms with Crippen molar-refractivity contribution in [2.24, 2.45) is 0 Å². The molecule has 14 heavy (non-hydrogen) atoms. The molecule has 80 valence electrons. The first kappa shape index (κ1) is 11.0. The van der Waals surface area contributed by atoms with Gasteiger partial charge >= 0.3 is 12.1 Å². The maximum atomic E-state index is 12.2. The minimum absolute atomic E-state index is 0.315. The molecular formula is C8H9F3O3. The predicted octanol–water partition coefficient (Wildman–Crippen LogP) is 1.44. The van der Waals surface area contributed by atoms with E-state index in [0.29, 0.717) is 0 Å². The van der Waals surface area contributed by atoms with Gasteiger partial charge in [0.15, 0.2) is 5.60 Å². The van der Waals surface area contributed by atoms with Crippen molar-refractivity contribution in [3.8, 4) is 0 Å². The summed E-state index contributed by atoms with van der Waals surface area (Å²) in [6.45, 7) is 2.44. The van der Waals surface area contributed by atoms with Crippen molar-refractivity contribution in [2.75, 3.05) is 13.2 Å². The standard InChI is InChI=1S/C8H9F3O3/c1-2-6(12)13-4-3-7(5-14-7)8(9,10)11/h2H,1,3-5H2. The van der Waals surface area contributed by atoms with Gasteiger partial charge in [0.25, 0.3) is 0 Å². The monoisotopic (exact) mass is 210 g/mol. The summed E-state index contributed by atoms with van der Waals surface area (Å²) in [5, 5.41) is 0. The van der Waals surface area contributed by atoms with E-state index in [1.165, 1.54) is 0 Å². The molecule has 1 atom stereocenters. The molecule has 0 saturated carbocycles. The third-order valence-electron chi connectivity index (χ3n) is 1.93. The summed E-state index contributed by atoms with van der Waals surface area (Å²) in [7, 11) is 0. The van der Waals surface area contributed by atoms with E-state index in [0.717, 1.165) is 6.08 Å². The summed E-state index contributed by atoms with van der Waals surface area (Å²) in [5.74, 6) is -0.733. The zero-order valence-corrected chi connectivity index (χ0v) is 7.26. The zero-order chi connectivity index (χ0) is 10.8. The predicted molar refractivity (Wildman–Crippen MR) is 40.5 cm³/mol. The van der Waals surface area contributed by atoms with E-state index in [1.54, 1.807) is 0 Å². The largest absolute Gasteiger partial charge is 0.462 e. The van der Waals surface area contributed by atoms with Gasteiger partial charge < -0.3 is 9.47 Å². The third-order valence-corrected chi connectivity index (χ3v) is 1.93. The molecule has 1 heterocycles. The topological polar surface area (TPSA) is 38.8 Å². The lowest BCUT2D eigenvalue weighted by atomic mass is 10.1. The number of carbonyl (C=O) groups excluding carboxylic acids is 1. The molecule has 1 aliphatic rings. The van der Waals surface area contributed by atoms with Crippen molar-refractivity contribution in [3.63, 3.8) is 0 Å². The van der Waals surface area contributed by atoms with Crippen molar-refractivity contribution in [2.45, 2.75) is 18.2 Å². The van der Waals surface area contributed by atoms with Gasteiger partial charge in [0.2, 0.25) is 0 Å². The van der Waals surface area contributed by atoms with Crippen LogP contribution in [0.15, 0.2) is 12.7 Å². The summed E-state index contributed by atoms with van der Waals surface area (Å²) in [6, 6.07) is 0. The number of esters is 1. The Labute approximate surface area is 78.5 Å². The average Bonchev–Trinajstić information content (AvgIpc) is 2.84. The fraction of sp³-hybridized carbons (Fsp3) is 0.625. The van der Waals surface area contributed by atoms with Crippen molar-refractivity contribution in [3.05, 3.63) is 12.7 Å². The zero-order valence-electron chi connectivity index (χ0n) is 7.26. The number of carbonyl (C=O) groups is 1. The fourth-order valence-corrected chi connectivity index (χ4v) is 0.912. The number of hydrogen-bond donors (Lipinski definition) is 0. The Balaban J connectivity index is 2.32. The van der Waals surface area contributed by atoms with E-state index in [4.69, 9.17) is 0 Å². The van der Waals surface area contributed by atoms with Gasteiger partial charge in [0.1, 0.15) is 0 Å². The minimum atomic E-state index is -4.40. The van der Waals surface area contributed by atoms with Crippen molar-refractivity contribution >= 4 is 5.97 Å². The average molecular weight is 210 g/mol. The normalized spacial score (nSPS) is 25.6. The van der Waals surface area contributed by atoms with Gasteiger partial charge in [-0.05, 0) is 0 Å². The highest BCUT2D eigenvalue weighted by molar-refractivity contribution is 5.81. The van der Waals surface area contributed by atoms with Gasteiger partial charge in [-0.3, -0.25) is 0 Å². The number of epoxide rings is 1. The molecule has 0 spiro atoms. The lowest BCUT2D eigenvalue weighted by Crippen LogP contribution is -2.34. The van der Waals surface area contributed by atoms with Crippen LogP contribution in [0.3, 0.4) is 0 Å². The van der Waals surface area contributed by atoms with Crippen LogP contribution in [0.2, 0.25) is 0 Å². The smallest absolute Gasteiger partial charge is 0.419 e. The molecule has 0 radical (unpaired) electrons. The maximum absolute atomic E-state index is 12.2. The van der Waals surface area contributed by atoms with Gasteiger partial charge in [-0.2, -0.15) is 13.2 Å². The number of alkyl halides is 3. The molecule has 0 amide bonds. The van der Waals surface area contributed by atoms with Crippen LogP contribution in [0, 0.1) is 0 Å². The van der Waals surface area contributed by atoms with Gasteiger partial charge in [0.05, 0.1) is 13.2 Å². The van der Waals surface area contributed by atoms with Gasteiger partial charge in [-0.15, -0.1) is 0 Å². The minimum Gasteiger partial charge on any atom is -0.462 e. The molecular weight excluding hydrogens is 201 g/mol. The van der Waals surface area contributed by atoms with Crippen molar-refractivity contribution in [1.82, 2.24) is 0 Å². The Hall–Kier alpha value is -1.04. The van der Waals surface area contributed by atoms with Gasteiger partial charge in [-0.1, -0.05) is 6.58 Å². The van der Waals surface area contributed by atoms with Crippen LogP contribution in [-0.2, 0) is 14.3 Å². The van der Waals surface area contributed by atoms with Crippen LogP contribution in [0.5, 0.6) is 0 Å². The van der Waals surface area contributed by atoms with E-state index in [1.807, 2.05) is 0 Å². The Kier molecular flexibility index (Phi) is 2.84. The SMILES string of the molecule is C=CC(=O)OCCC1(C(F)(F)F)CO1. The molecule has 1 rings (SSSR count). The Morgan fingerprint density at radius 2 is 2.21 bits per heavy atom. The molecule has 0 bridgehead atoms. The summed E-state index contributed by atoms with van der Waals surface area (Å²) < 4.78 is 45.4. The van der Waals surface area contributed by atoms with E-state index >= 15 is 0 Å². The number of ether oxygens (including phenoxy) is 2. The maximum Gasteiger partial charge on any atom is 0.419 e. The summed E-state index contributed by atoms with van der Waals surface area (Å²) in [5.41, 5.74) is -2.09. The Bertz CT molecular complexity index is 243. The van der Waals surface area contributed by atoms with E-state index < -0.39 is 17.7 Å². The highest BCUT2D eigenvalue weighted by Crippen LogP contribution is 2.45. The molecule has 1 saturated heterocycles. The second kappa shape index (κ2) is 3.61. The number of halogens is 3. The van der Waals surface area contributed by atoms with Crippen LogP contribution < -0.4 is 0 Å². The molecule has 0 aromatic carbocycles. The van der Waals surface area contributed by atoms with Crippen LogP contribution in [0.25, 0.3) is 0 Å². The number of hydrogen-bond acceptors (Lipinski definition) is 3. The van der Waals surface area contributed by atoms with Gasteiger partial charge in [0, 0.05) is 12.5 Å². The van der Waals surface area contributed by atoms with Crippen LogP contribution in [-0.4, -0.2) is 31.0 Å². The molecule has 0 aromatic heterocycles. The highest BCUT2D eigenvalue weighted by atomic mass is 19.4. The summed E-state index contributed by atoms with van der Waals surface area (Å²) in [4.78, 5) is 10.5. The third kappa shape index (κ3) is 2.25. The molecule has 1 aliphatic heterocycles. The first-order chi connectivity index (χ1) is 6.41. The molecule has 0 N–H and O–H groups in total. The Morgan fingerprint density at radius 3 is 2.57 bits per heavy atom. The van der Waals surface area contributed by atoms with E-state index in [9.17, 15) is 18.0 Å². The summed E-state index contributed by atoms with van der Waals surface area (Å²) >= 11 is 0. The molecule has 0 aliphatic carbocycles. The molecule has 1 unspecified atom stereocenters. The van der Waals surface area contributed by atoms with E-state index in [-0.39, 0.29) is 19.6 Å². The lowest BCUT2D eigenvalue weighted by Gasteiger charge is -2.14. The van der Waals surface area contributed by atoms with E-state index in [2.05, 4.69) is 16.1 Å². The van der Waals surface area contributed by atoms with Gasteiger partial charge in [-0.25, -0.2) is 4.79 Å². The lowest BCUT2D eigenvalue weighted by molar-refractivity contribution is -0.188. The quantitative estimate of drug-likeness (QED) is 0.400. The molecule has 3 nitrogen and oxygen atoms in total. The molecule has 6 heteroatoms.